The smallest absolute Gasteiger partial charge is 0.183 e. The lowest BCUT2D eigenvalue weighted by atomic mass is 10.1. The van der Waals surface area contributed by atoms with Crippen LogP contribution in [0.3, 0.4) is 0 Å². The van der Waals surface area contributed by atoms with E-state index in [0.29, 0.717) is 5.52 Å². The van der Waals surface area contributed by atoms with Gasteiger partial charge in [-0.3, -0.25) is 0 Å². The minimum atomic E-state index is -0.242. The summed E-state index contributed by atoms with van der Waals surface area (Å²) in [6, 6.07) is 13.2. The van der Waals surface area contributed by atoms with Gasteiger partial charge in [-0.25, -0.2) is 9.37 Å². The molecule has 1 heterocycles. The van der Waals surface area contributed by atoms with Crippen LogP contribution >= 0.6 is 11.3 Å². The molecule has 0 saturated carbocycles. The normalized spacial score (nSPS) is 10.9. The molecule has 0 aliphatic carbocycles. The Morgan fingerprint density at radius 3 is 2.95 bits per heavy atom. The number of rotatable bonds is 4. The third-order valence-electron chi connectivity index (χ3n) is 3.12. The first-order valence-electron chi connectivity index (χ1n) is 6.56. The van der Waals surface area contributed by atoms with E-state index in [2.05, 4.69) is 41.5 Å². The number of benzene rings is 2. The molecule has 1 aromatic heterocycles. The lowest BCUT2D eigenvalue weighted by molar-refractivity contribution is 0.629. The average molecular weight is 286 g/mol. The second-order valence-electron chi connectivity index (χ2n) is 4.80. The zero-order chi connectivity index (χ0) is 13.9. The average Bonchev–Trinajstić information content (AvgIpc) is 2.80. The maximum Gasteiger partial charge on any atom is 0.183 e. The monoisotopic (exact) mass is 286 g/mol. The van der Waals surface area contributed by atoms with Gasteiger partial charge in [0.15, 0.2) is 5.13 Å². The van der Waals surface area contributed by atoms with Gasteiger partial charge in [0.2, 0.25) is 0 Å². The summed E-state index contributed by atoms with van der Waals surface area (Å²) in [5.74, 6) is -0.242. The second-order valence-corrected chi connectivity index (χ2v) is 5.83. The highest BCUT2D eigenvalue weighted by Gasteiger charge is 2.04. The van der Waals surface area contributed by atoms with Crippen LogP contribution < -0.4 is 5.32 Å². The summed E-state index contributed by atoms with van der Waals surface area (Å²) in [6.45, 7) is 2.92. The van der Waals surface area contributed by atoms with E-state index in [0.717, 1.165) is 22.8 Å². The number of fused-ring (bicyclic) bond motifs is 1. The summed E-state index contributed by atoms with van der Waals surface area (Å²) in [7, 11) is 0. The second kappa shape index (κ2) is 5.59. The third-order valence-corrected chi connectivity index (χ3v) is 4.12. The van der Waals surface area contributed by atoms with Gasteiger partial charge in [0, 0.05) is 12.6 Å². The van der Waals surface area contributed by atoms with E-state index in [1.165, 1.54) is 23.3 Å². The Morgan fingerprint density at radius 1 is 1.20 bits per heavy atom. The quantitative estimate of drug-likeness (QED) is 0.769. The largest absolute Gasteiger partial charge is 0.361 e. The van der Waals surface area contributed by atoms with Crippen LogP contribution in [-0.4, -0.2) is 11.5 Å². The Bertz CT molecular complexity index is 736. The molecule has 2 aromatic carbocycles. The molecule has 102 valence electrons. The minimum Gasteiger partial charge on any atom is -0.361 e. The number of nitrogens with one attached hydrogen (secondary N) is 1. The fourth-order valence-electron chi connectivity index (χ4n) is 2.16. The van der Waals surface area contributed by atoms with Crippen molar-refractivity contribution in [3.8, 4) is 0 Å². The molecule has 0 aliphatic heterocycles. The predicted octanol–water partition coefficient (Wildman–Crippen LogP) is 4.40. The molecule has 0 unspecified atom stereocenters. The molecule has 0 amide bonds. The minimum absolute atomic E-state index is 0.242. The summed E-state index contributed by atoms with van der Waals surface area (Å²) >= 11 is 1.56. The lowest BCUT2D eigenvalue weighted by Crippen LogP contribution is -2.04. The summed E-state index contributed by atoms with van der Waals surface area (Å²) in [5, 5.41) is 4.15. The summed E-state index contributed by atoms with van der Waals surface area (Å²) in [6.07, 6.45) is 0.950. The fourth-order valence-corrected chi connectivity index (χ4v) is 3.03. The van der Waals surface area contributed by atoms with Crippen LogP contribution in [0.5, 0.6) is 0 Å². The van der Waals surface area contributed by atoms with E-state index >= 15 is 0 Å². The van der Waals surface area contributed by atoms with E-state index in [4.69, 9.17) is 0 Å². The van der Waals surface area contributed by atoms with Crippen molar-refractivity contribution in [1.29, 1.82) is 0 Å². The molecule has 0 fully saturated rings. The highest BCUT2D eigenvalue weighted by molar-refractivity contribution is 7.22. The zero-order valence-electron chi connectivity index (χ0n) is 11.2. The van der Waals surface area contributed by atoms with Gasteiger partial charge in [-0.1, -0.05) is 41.2 Å². The van der Waals surface area contributed by atoms with Crippen LogP contribution in [0, 0.1) is 12.7 Å². The molecule has 0 atom stereocenters. The van der Waals surface area contributed by atoms with Crippen molar-refractivity contribution in [3.05, 3.63) is 59.4 Å². The number of hydrogen-bond acceptors (Lipinski definition) is 3. The van der Waals surface area contributed by atoms with E-state index in [-0.39, 0.29) is 5.82 Å². The number of halogens is 1. The number of aryl methyl sites for hydroxylation is 1. The highest BCUT2D eigenvalue weighted by atomic mass is 32.1. The topological polar surface area (TPSA) is 24.9 Å². The molecule has 0 spiro atoms. The molecule has 0 radical (unpaired) electrons. The molecule has 3 aromatic rings. The molecular formula is C16H15FN2S. The van der Waals surface area contributed by atoms with Crippen molar-refractivity contribution in [1.82, 2.24) is 4.98 Å². The van der Waals surface area contributed by atoms with Crippen molar-refractivity contribution in [2.24, 2.45) is 0 Å². The van der Waals surface area contributed by atoms with Gasteiger partial charge in [-0.05, 0) is 31.0 Å². The molecular weight excluding hydrogens is 271 g/mol. The number of thiazole rings is 1. The number of aromatic nitrogens is 1. The molecule has 0 bridgehead atoms. The van der Waals surface area contributed by atoms with Gasteiger partial charge >= 0.3 is 0 Å². The van der Waals surface area contributed by atoms with Gasteiger partial charge in [0.25, 0.3) is 0 Å². The van der Waals surface area contributed by atoms with Crippen LogP contribution in [0.2, 0.25) is 0 Å². The van der Waals surface area contributed by atoms with E-state index in [1.807, 2.05) is 0 Å². The zero-order valence-corrected chi connectivity index (χ0v) is 12.0. The molecule has 2 nitrogen and oxygen atoms in total. The first-order chi connectivity index (χ1) is 9.70. The Kier molecular flexibility index (Phi) is 3.65. The van der Waals surface area contributed by atoms with Gasteiger partial charge in [-0.15, -0.1) is 0 Å². The summed E-state index contributed by atoms with van der Waals surface area (Å²) in [5.41, 5.74) is 3.30. The van der Waals surface area contributed by atoms with E-state index in [9.17, 15) is 4.39 Å². The molecule has 0 aliphatic rings. The van der Waals surface area contributed by atoms with Crippen LogP contribution in [0.15, 0.2) is 42.5 Å². The first kappa shape index (κ1) is 13.1. The number of hydrogen-bond donors (Lipinski definition) is 1. The van der Waals surface area contributed by atoms with Gasteiger partial charge < -0.3 is 5.32 Å². The first-order valence-corrected chi connectivity index (χ1v) is 7.38. The number of anilines is 1. The van der Waals surface area contributed by atoms with Crippen molar-refractivity contribution >= 4 is 26.7 Å². The third kappa shape index (κ3) is 2.96. The Labute approximate surface area is 121 Å². The van der Waals surface area contributed by atoms with Crippen LogP contribution in [-0.2, 0) is 6.42 Å². The van der Waals surface area contributed by atoms with E-state index < -0.39 is 0 Å². The predicted molar refractivity (Wildman–Crippen MR) is 83.0 cm³/mol. The summed E-state index contributed by atoms with van der Waals surface area (Å²) in [4.78, 5) is 4.39. The molecule has 4 heteroatoms. The Morgan fingerprint density at radius 2 is 2.10 bits per heavy atom. The fraction of sp³-hybridized carbons (Fsp3) is 0.188. The summed E-state index contributed by atoms with van der Waals surface area (Å²) < 4.78 is 14.1. The highest BCUT2D eigenvalue weighted by Crippen LogP contribution is 2.26. The Balaban J connectivity index is 1.65. The van der Waals surface area contributed by atoms with Crippen LogP contribution in [0.1, 0.15) is 11.1 Å². The maximum atomic E-state index is 13.1. The van der Waals surface area contributed by atoms with Crippen molar-refractivity contribution in [2.45, 2.75) is 13.3 Å². The molecule has 1 N–H and O–H groups in total. The van der Waals surface area contributed by atoms with Gasteiger partial charge in [0.05, 0.1) is 10.2 Å². The van der Waals surface area contributed by atoms with Gasteiger partial charge in [-0.2, -0.15) is 0 Å². The molecule has 3 rings (SSSR count). The SMILES string of the molecule is Cc1cccc(CCNc2nc3cc(F)ccc3s2)c1. The maximum absolute atomic E-state index is 13.1. The van der Waals surface area contributed by atoms with Crippen LogP contribution in [0.25, 0.3) is 10.2 Å². The standard InChI is InChI=1S/C16H15FN2S/c1-11-3-2-4-12(9-11)7-8-18-16-19-14-10-13(17)5-6-15(14)20-16/h2-6,9-10H,7-8H2,1H3,(H,18,19). The lowest BCUT2D eigenvalue weighted by Gasteiger charge is -2.03. The molecule has 20 heavy (non-hydrogen) atoms. The van der Waals surface area contributed by atoms with Crippen molar-refractivity contribution in [2.75, 3.05) is 11.9 Å². The van der Waals surface area contributed by atoms with Gasteiger partial charge in [0.1, 0.15) is 5.82 Å². The van der Waals surface area contributed by atoms with E-state index in [1.54, 1.807) is 17.4 Å². The number of nitrogens with zero attached hydrogens (tertiary/aromatic N) is 1. The van der Waals surface area contributed by atoms with Crippen molar-refractivity contribution < 1.29 is 4.39 Å². The Hall–Kier alpha value is -1.94. The molecule has 0 saturated heterocycles. The van der Waals surface area contributed by atoms with Crippen molar-refractivity contribution in [3.63, 3.8) is 0 Å². The van der Waals surface area contributed by atoms with Crippen LogP contribution in [0.4, 0.5) is 9.52 Å².